The molecule has 1 amide bonds. The number of carbonyl (C=O) groups excluding carboxylic acids is 1. The molecule has 3 rings (SSSR count). The summed E-state index contributed by atoms with van der Waals surface area (Å²) in [5.74, 6) is -0.954. The van der Waals surface area contributed by atoms with E-state index in [1.807, 2.05) is 17.5 Å². The van der Waals surface area contributed by atoms with Crippen LogP contribution in [0.5, 0.6) is 0 Å². The lowest BCUT2D eigenvalue weighted by Gasteiger charge is -2.20. The van der Waals surface area contributed by atoms with E-state index in [4.69, 9.17) is 9.52 Å². The molecule has 1 saturated heterocycles. The van der Waals surface area contributed by atoms with Crippen LogP contribution in [0.15, 0.2) is 28.3 Å². The van der Waals surface area contributed by atoms with Crippen molar-refractivity contribution in [2.75, 3.05) is 6.54 Å². The van der Waals surface area contributed by atoms with Gasteiger partial charge in [0.25, 0.3) is 5.91 Å². The van der Waals surface area contributed by atoms with Gasteiger partial charge in [-0.05, 0) is 24.3 Å². The average molecular weight is 292 g/mol. The minimum atomic E-state index is -0.975. The van der Waals surface area contributed by atoms with Crippen molar-refractivity contribution in [2.24, 2.45) is 0 Å². The molecule has 3 heterocycles. The van der Waals surface area contributed by atoms with Crippen LogP contribution in [-0.2, 0) is 4.79 Å². The Kier molecular flexibility index (Phi) is 3.27. The van der Waals surface area contributed by atoms with Crippen LogP contribution in [0.4, 0.5) is 0 Å². The summed E-state index contributed by atoms with van der Waals surface area (Å²) < 4.78 is 5.29. The zero-order valence-corrected chi connectivity index (χ0v) is 11.3. The Hall–Kier alpha value is -2.15. The number of carbonyl (C=O) groups is 2. The quantitative estimate of drug-likeness (QED) is 0.936. The SMILES string of the molecule is O=C(O)[C@H]1CCCN1C(=O)c1ncoc1-c1cccs1. The summed E-state index contributed by atoms with van der Waals surface area (Å²) in [6, 6.07) is 2.92. The Bertz CT molecular complexity index is 635. The van der Waals surface area contributed by atoms with E-state index in [9.17, 15) is 9.59 Å². The summed E-state index contributed by atoms with van der Waals surface area (Å²) >= 11 is 1.44. The number of aromatic nitrogens is 1. The largest absolute Gasteiger partial charge is 0.480 e. The lowest BCUT2D eigenvalue weighted by molar-refractivity contribution is -0.141. The van der Waals surface area contributed by atoms with Crippen LogP contribution in [0.1, 0.15) is 23.3 Å². The fraction of sp³-hybridized carbons (Fsp3) is 0.308. The van der Waals surface area contributed by atoms with E-state index >= 15 is 0 Å². The van der Waals surface area contributed by atoms with Gasteiger partial charge in [-0.25, -0.2) is 9.78 Å². The topological polar surface area (TPSA) is 83.6 Å². The number of hydrogen-bond acceptors (Lipinski definition) is 5. The highest BCUT2D eigenvalue weighted by molar-refractivity contribution is 7.13. The summed E-state index contributed by atoms with van der Waals surface area (Å²) in [4.78, 5) is 29.8. The smallest absolute Gasteiger partial charge is 0.326 e. The lowest BCUT2D eigenvalue weighted by Crippen LogP contribution is -2.40. The summed E-state index contributed by atoms with van der Waals surface area (Å²) in [5, 5.41) is 11.0. The van der Waals surface area contributed by atoms with Crippen LogP contribution in [0, 0.1) is 0 Å². The fourth-order valence-corrected chi connectivity index (χ4v) is 3.10. The molecule has 0 bridgehead atoms. The minimum Gasteiger partial charge on any atom is -0.480 e. The standard InChI is InChI=1S/C13H12N2O4S/c16-12(15-5-1-3-8(15)13(17)18)10-11(19-7-14-10)9-4-2-6-20-9/h2,4,6-8H,1,3,5H2,(H,17,18)/t8-/m1/s1. The summed E-state index contributed by atoms with van der Waals surface area (Å²) in [6.45, 7) is 0.437. The Morgan fingerprint density at radius 2 is 2.35 bits per heavy atom. The molecule has 7 heteroatoms. The third-order valence-corrected chi connectivity index (χ3v) is 4.18. The molecule has 0 radical (unpaired) electrons. The first-order valence-electron chi connectivity index (χ1n) is 6.19. The number of amides is 1. The molecule has 1 fully saturated rings. The van der Waals surface area contributed by atoms with Crippen molar-refractivity contribution in [2.45, 2.75) is 18.9 Å². The Balaban J connectivity index is 1.92. The molecule has 1 aliphatic rings. The third-order valence-electron chi connectivity index (χ3n) is 3.31. The molecule has 1 N–H and O–H groups in total. The summed E-state index contributed by atoms with van der Waals surface area (Å²) in [7, 11) is 0. The van der Waals surface area contributed by atoms with Crippen molar-refractivity contribution in [1.29, 1.82) is 0 Å². The average Bonchev–Trinajstić information content (AvgIpc) is 3.17. The molecule has 2 aromatic heterocycles. The number of aliphatic carboxylic acids is 1. The van der Waals surface area contributed by atoms with Gasteiger partial charge in [0.05, 0.1) is 4.88 Å². The van der Waals surface area contributed by atoms with Gasteiger partial charge >= 0.3 is 5.97 Å². The lowest BCUT2D eigenvalue weighted by atomic mass is 10.2. The van der Waals surface area contributed by atoms with E-state index in [2.05, 4.69) is 4.98 Å². The van der Waals surface area contributed by atoms with Gasteiger partial charge in [0.15, 0.2) is 17.8 Å². The normalized spacial score (nSPS) is 18.4. The number of nitrogens with zero attached hydrogens (tertiary/aromatic N) is 2. The van der Waals surface area contributed by atoms with Crippen molar-refractivity contribution < 1.29 is 19.1 Å². The van der Waals surface area contributed by atoms with Gasteiger partial charge in [-0.2, -0.15) is 0 Å². The van der Waals surface area contributed by atoms with E-state index in [1.54, 1.807) is 0 Å². The highest BCUT2D eigenvalue weighted by Gasteiger charge is 2.36. The van der Waals surface area contributed by atoms with Gasteiger partial charge in [-0.1, -0.05) is 6.07 Å². The van der Waals surface area contributed by atoms with E-state index < -0.39 is 12.0 Å². The van der Waals surface area contributed by atoms with Gasteiger partial charge in [0.2, 0.25) is 0 Å². The number of carboxylic acid groups (broad SMARTS) is 1. The minimum absolute atomic E-state index is 0.181. The van der Waals surface area contributed by atoms with Gasteiger partial charge in [-0.15, -0.1) is 11.3 Å². The van der Waals surface area contributed by atoms with E-state index in [1.165, 1.54) is 22.6 Å². The second-order valence-corrected chi connectivity index (χ2v) is 5.45. The maximum atomic E-state index is 12.5. The van der Waals surface area contributed by atoms with Gasteiger partial charge in [0, 0.05) is 6.54 Å². The highest BCUT2D eigenvalue weighted by atomic mass is 32.1. The Labute approximate surface area is 118 Å². The first-order chi connectivity index (χ1) is 9.68. The van der Waals surface area contributed by atoms with E-state index in [0.29, 0.717) is 25.1 Å². The highest BCUT2D eigenvalue weighted by Crippen LogP contribution is 2.30. The predicted molar refractivity (Wildman–Crippen MR) is 71.5 cm³/mol. The van der Waals surface area contributed by atoms with Gasteiger partial charge < -0.3 is 14.4 Å². The molecule has 1 aliphatic heterocycles. The fourth-order valence-electron chi connectivity index (χ4n) is 2.38. The van der Waals surface area contributed by atoms with E-state index in [0.717, 1.165) is 4.88 Å². The van der Waals surface area contributed by atoms with Crippen LogP contribution in [0.25, 0.3) is 10.6 Å². The number of likely N-dealkylation sites (tertiary alicyclic amines) is 1. The maximum absolute atomic E-state index is 12.5. The zero-order chi connectivity index (χ0) is 14.1. The number of carboxylic acids is 1. The maximum Gasteiger partial charge on any atom is 0.326 e. The molecule has 104 valence electrons. The monoisotopic (exact) mass is 292 g/mol. The van der Waals surface area contributed by atoms with Crippen LogP contribution in [0.3, 0.4) is 0 Å². The van der Waals surface area contributed by atoms with Crippen LogP contribution in [0.2, 0.25) is 0 Å². The third kappa shape index (κ3) is 2.09. The van der Waals surface area contributed by atoms with Crippen molar-refractivity contribution in [3.8, 4) is 10.6 Å². The second-order valence-electron chi connectivity index (χ2n) is 4.50. The number of thiophene rings is 1. The van der Waals surface area contributed by atoms with Crippen molar-refractivity contribution in [3.63, 3.8) is 0 Å². The molecule has 6 nitrogen and oxygen atoms in total. The Morgan fingerprint density at radius 3 is 3.05 bits per heavy atom. The molecule has 0 saturated carbocycles. The van der Waals surface area contributed by atoms with Crippen LogP contribution >= 0.6 is 11.3 Å². The summed E-state index contributed by atoms with van der Waals surface area (Å²) in [5.41, 5.74) is 0.181. The molecular formula is C13H12N2O4S. The molecular weight excluding hydrogens is 280 g/mol. The molecule has 0 aliphatic carbocycles. The van der Waals surface area contributed by atoms with E-state index in [-0.39, 0.29) is 11.6 Å². The number of hydrogen-bond donors (Lipinski definition) is 1. The first-order valence-corrected chi connectivity index (χ1v) is 7.07. The summed E-state index contributed by atoms with van der Waals surface area (Å²) in [6.07, 6.45) is 2.39. The number of oxazole rings is 1. The molecule has 2 aromatic rings. The van der Waals surface area contributed by atoms with Crippen LogP contribution < -0.4 is 0 Å². The zero-order valence-electron chi connectivity index (χ0n) is 10.5. The molecule has 0 aromatic carbocycles. The van der Waals surface area contributed by atoms with Gasteiger partial charge in [-0.3, -0.25) is 4.79 Å². The van der Waals surface area contributed by atoms with Gasteiger partial charge in [0.1, 0.15) is 6.04 Å². The molecule has 0 unspecified atom stereocenters. The first kappa shape index (κ1) is 12.9. The van der Waals surface area contributed by atoms with Crippen molar-refractivity contribution in [1.82, 2.24) is 9.88 Å². The molecule has 20 heavy (non-hydrogen) atoms. The van der Waals surface area contributed by atoms with Crippen LogP contribution in [-0.4, -0.2) is 39.5 Å². The molecule has 1 atom stereocenters. The predicted octanol–water partition coefficient (Wildman–Crippen LogP) is 2.09. The number of rotatable bonds is 3. The van der Waals surface area contributed by atoms with Crippen molar-refractivity contribution in [3.05, 3.63) is 29.6 Å². The molecule has 0 spiro atoms. The second kappa shape index (κ2) is 5.09. The van der Waals surface area contributed by atoms with Crippen molar-refractivity contribution >= 4 is 23.2 Å². The Morgan fingerprint density at radius 1 is 1.50 bits per heavy atom.